The van der Waals surface area contributed by atoms with Gasteiger partial charge in [-0.25, -0.2) is 14.1 Å². The Bertz CT molecular complexity index is 1610. The van der Waals surface area contributed by atoms with Crippen LogP contribution in [0, 0.1) is 11.7 Å². The zero-order valence-electron chi connectivity index (χ0n) is 21.1. The van der Waals surface area contributed by atoms with E-state index in [-0.39, 0.29) is 23.8 Å². The Hall–Kier alpha value is -4.17. The summed E-state index contributed by atoms with van der Waals surface area (Å²) in [5.41, 5.74) is -3.83. The quantitative estimate of drug-likeness (QED) is 0.345. The molecule has 40 heavy (non-hydrogen) atoms. The standard InChI is InChI=1S/C25H22F7N7O/c1-23(14-3-5-16(26)6-4-14,15-11-38(12-15)19-7-8-22(40)37(2)36-19)13-33-20-9-17(24(27,28)29)34-21-10-18(25(30,31)32)35-39(20)21/h3-10,15,33H,11-13H2,1-2H3/t23-/m1/s1. The van der Waals surface area contributed by atoms with Crippen LogP contribution < -0.4 is 15.8 Å². The maximum absolute atomic E-state index is 13.7. The summed E-state index contributed by atoms with van der Waals surface area (Å²) in [4.78, 5) is 16.9. The molecule has 0 amide bonds. The van der Waals surface area contributed by atoms with Crippen molar-refractivity contribution in [1.29, 1.82) is 0 Å². The second-order valence-electron chi connectivity index (χ2n) is 9.85. The number of alkyl halides is 6. The van der Waals surface area contributed by atoms with E-state index in [1.54, 1.807) is 18.2 Å². The first-order valence-corrected chi connectivity index (χ1v) is 12.0. The van der Waals surface area contributed by atoms with Crippen molar-refractivity contribution < 1.29 is 30.7 Å². The molecule has 4 aromatic rings. The van der Waals surface area contributed by atoms with Gasteiger partial charge >= 0.3 is 12.4 Å². The lowest BCUT2D eigenvalue weighted by molar-refractivity contribution is -0.142. The third-order valence-corrected chi connectivity index (χ3v) is 7.20. The minimum Gasteiger partial charge on any atom is -0.369 e. The summed E-state index contributed by atoms with van der Waals surface area (Å²) < 4.78 is 96.2. The first-order valence-electron chi connectivity index (χ1n) is 12.0. The van der Waals surface area contributed by atoms with Crippen LogP contribution >= 0.6 is 0 Å². The smallest absolute Gasteiger partial charge is 0.369 e. The van der Waals surface area contributed by atoms with Gasteiger partial charge in [-0.1, -0.05) is 19.1 Å². The van der Waals surface area contributed by atoms with E-state index in [2.05, 4.69) is 20.5 Å². The Morgan fingerprint density at radius 3 is 2.17 bits per heavy atom. The number of hydrogen-bond acceptors (Lipinski definition) is 6. The molecule has 15 heteroatoms. The first kappa shape index (κ1) is 27.4. The summed E-state index contributed by atoms with van der Waals surface area (Å²) in [6.45, 7) is 2.69. The van der Waals surface area contributed by atoms with Crippen molar-refractivity contribution in [2.24, 2.45) is 13.0 Å². The second kappa shape index (κ2) is 9.48. The molecule has 0 saturated carbocycles. The van der Waals surface area contributed by atoms with E-state index in [9.17, 15) is 35.5 Å². The minimum atomic E-state index is -4.92. The van der Waals surface area contributed by atoms with Crippen LogP contribution in [0.5, 0.6) is 0 Å². The van der Waals surface area contributed by atoms with Gasteiger partial charge in [0, 0.05) is 56.2 Å². The van der Waals surface area contributed by atoms with Crippen LogP contribution in [0.2, 0.25) is 0 Å². The molecule has 0 bridgehead atoms. The van der Waals surface area contributed by atoms with Crippen molar-refractivity contribution in [3.63, 3.8) is 0 Å². The van der Waals surface area contributed by atoms with E-state index >= 15 is 0 Å². The highest BCUT2D eigenvalue weighted by Gasteiger charge is 2.44. The zero-order valence-corrected chi connectivity index (χ0v) is 21.1. The van der Waals surface area contributed by atoms with E-state index in [0.717, 1.165) is 0 Å². The van der Waals surface area contributed by atoms with Gasteiger partial charge in [-0.15, -0.1) is 0 Å². The van der Waals surface area contributed by atoms with Gasteiger partial charge in [0.2, 0.25) is 0 Å². The lowest BCUT2D eigenvalue weighted by atomic mass is 9.68. The van der Waals surface area contributed by atoms with Gasteiger partial charge in [-0.3, -0.25) is 4.79 Å². The van der Waals surface area contributed by atoms with Crippen LogP contribution in [0.3, 0.4) is 0 Å². The van der Waals surface area contributed by atoms with Crippen LogP contribution in [0.25, 0.3) is 5.65 Å². The molecular formula is C25H22F7N7O. The number of benzene rings is 1. The van der Waals surface area contributed by atoms with Crippen LogP contribution in [0.1, 0.15) is 23.9 Å². The number of fused-ring (bicyclic) bond motifs is 1. The van der Waals surface area contributed by atoms with Gasteiger partial charge in [0.1, 0.15) is 17.5 Å². The molecule has 0 unspecified atom stereocenters. The summed E-state index contributed by atoms with van der Waals surface area (Å²) in [6, 6.07) is 9.64. The van der Waals surface area contributed by atoms with Gasteiger partial charge < -0.3 is 10.2 Å². The van der Waals surface area contributed by atoms with Crippen molar-refractivity contribution in [3.05, 3.63) is 81.7 Å². The van der Waals surface area contributed by atoms with Crippen molar-refractivity contribution in [2.75, 3.05) is 29.9 Å². The molecule has 1 atom stereocenters. The van der Waals surface area contributed by atoms with Crippen LogP contribution in [-0.2, 0) is 24.8 Å². The fourth-order valence-electron chi connectivity index (χ4n) is 4.70. The largest absolute Gasteiger partial charge is 0.435 e. The summed E-state index contributed by atoms with van der Waals surface area (Å²) in [5, 5.41) is 10.5. The van der Waals surface area contributed by atoms with Gasteiger partial charge in [-0.2, -0.15) is 41.1 Å². The van der Waals surface area contributed by atoms with Crippen LogP contribution in [0.15, 0.2) is 53.3 Å². The molecule has 1 N–H and O–H groups in total. The highest BCUT2D eigenvalue weighted by atomic mass is 19.4. The Morgan fingerprint density at radius 2 is 1.57 bits per heavy atom. The fourth-order valence-corrected chi connectivity index (χ4v) is 4.70. The highest BCUT2D eigenvalue weighted by molar-refractivity contribution is 5.52. The number of halogens is 7. The number of nitrogens with one attached hydrogen (secondary N) is 1. The van der Waals surface area contributed by atoms with Gasteiger partial charge in [0.25, 0.3) is 5.56 Å². The molecule has 5 rings (SSSR count). The van der Waals surface area contributed by atoms with Crippen molar-refractivity contribution in [2.45, 2.75) is 24.7 Å². The molecule has 1 aliphatic heterocycles. The number of anilines is 2. The Labute approximate surface area is 222 Å². The first-order chi connectivity index (χ1) is 18.6. The predicted molar refractivity (Wildman–Crippen MR) is 130 cm³/mol. The molecule has 0 aliphatic carbocycles. The number of aromatic nitrogens is 5. The van der Waals surface area contributed by atoms with Gasteiger partial charge in [-0.05, 0) is 23.8 Å². The van der Waals surface area contributed by atoms with Crippen molar-refractivity contribution in [3.8, 4) is 0 Å². The normalized spacial score (nSPS) is 16.2. The lowest BCUT2D eigenvalue weighted by Gasteiger charge is -2.50. The minimum absolute atomic E-state index is 0.0323. The molecule has 1 aliphatic rings. The lowest BCUT2D eigenvalue weighted by Crippen LogP contribution is -2.58. The van der Waals surface area contributed by atoms with E-state index in [1.807, 2.05) is 11.8 Å². The fraction of sp³-hybridized carbons (Fsp3) is 0.360. The Morgan fingerprint density at radius 1 is 0.925 bits per heavy atom. The zero-order chi connectivity index (χ0) is 29.0. The highest BCUT2D eigenvalue weighted by Crippen LogP contribution is 2.40. The van der Waals surface area contributed by atoms with Crippen LogP contribution in [-0.4, -0.2) is 44.0 Å². The monoisotopic (exact) mass is 569 g/mol. The van der Waals surface area contributed by atoms with Crippen molar-refractivity contribution >= 4 is 17.3 Å². The summed E-state index contributed by atoms with van der Waals surface area (Å²) in [6.07, 6.45) is -9.81. The maximum atomic E-state index is 13.7. The average molecular weight is 569 g/mol. The molecule has 1 fully saturated rings. The van der Waals surface area contributed by atoms with E-state index in [4.69, 9.17) is 0 Å². The Balaban J connectivity index is 1.49. The second-order valence-corrected chi connectivity index (χ2v) is 9.85. The SMILES string of the molecule is Cn1nc(N2CC([C@](C)(CNc3cc(C(F)(F)F)nc4cc(C(F)(F)F)nn34)c3ccc(F)cc3)C2)ccc1=O. The molecule has 0 spiro atoms. The summed E-state index contributed by atoms with van der Waals surface area (Å²) in [7, 11) is 1.51. The van der Waals surface area contributed by atoms with Crippen molar-refractivity contribution in [1.82, 2.24) is 24.4 Å². The number of aryl methyl sites for hydroxylation is 1. The third-order valence-electron chi connectivity index (χ3n) is 7.20. The Kier molecular flexibility index (Phi) is 6.50. The molecule has 1 saturated heterocycles. The molecular weight excluding hydrogens is 547 g/mol. The predicted octanol–water partition coefficient (Wildman–Crippen LogP) is 4.51. The number of hydrogen-bond donors (Lipinski definition) is 1. The van der Waals surface area contributed by atoms with E-state index < -0.39 is 40.6 Å². The van der Waals surface area contributed by atoms with Crippen LogP contribution in [0.4, 0.5) is 42.4 Å². The maximum Gasteiger partial charge on any atom is 0.435 e. The molecule has 3 aromatic heterocycles. The van der Waals surface area contributed by atoms with Gasteiger partial charge in [0.15, 0.2) is 17.0 Å². The van der Waals surface area contributed by atoms with Gasteiger partial charge in [0.05, 0.1) is 0 Å². The average Bonchev–Trinajstić information content (AvgIpc) is 3.29. The molecule has 1 aromatic carbocycles. The third kappa shape index (κ3) is 5.07. The molecule has 8 nitrogen and oxygen atoms in total. The summed E-state index contributed by atoms with van der Waals surface area (Å²) >= 11 is 0. The molecule has 4 heterocycles. The molecule has 212 valence electrons. The topological polar surface area (TPSA) is 80.3 Å². The molecule has 0 radical (unpaired) electrons. The summed E-state index contributed by atoms with van der Waals surface area (Å²) in [5.74, 6) is -0.399. The number of rotatable bonds is 6. The van der Waals surface area contributed by atoms with E-state index in [1.165, 1.54) is 29.9 Å². The number of nitrogens with zero attached hydrogens (tertiary/aromatic N) is 6. The van der Waals surface area contributed by atoms with E-state index in [0.29, 0.717) is 41.1 Å².